The number of amidine groups is 1. The molecular formula is C8H16N2O2. The molecule has 0 aliphatic heterocycles. The second-order valence-electron chi connectivity index (χ2n) is 2.46. The highest BCUT2D eigenvalue weighted by atomic mass is 16.5. The summed E-state index contributed by atoms with van der Waals surface area (Å²) in [5.74, 6) is 0.168. The monoisotopic (exact) mass is 172 g/mol. The van der Waals surface area contributed by atoms with Gasteiger partial charge < -0.3 is 9.64 Å². The van der Waals surface area contributed by atoms with E-state index < -0.39 is 0 Å². The molecule has 0 amide bonds. The highest BCUT2D eigenvalue weighted by Crippen LogP contribution is 1.91. The van der Waals surface area contributed by atoms with Gasteiger partial charge in [-0.1, -0.05) is 6.92 Å². The lowest BCUT2D eigenvalue weighted by Gasteiger charge is -2.17. The number of nitrogens with one attached hydrogen (secondary N) is 1. The van der Waals surface area contributed by atoms with Crippen molar-refractivity contribution in [1.82, 2.24) is 4.90 Å². The fraction of sp³-hybridized carbons (Fsp3) is 0.750. The van der Waals surface area contributed by atoms with Gasteiger partial charge in [-0.3, -0.25) is 10.2 Å². The predicted octanol–water partition coefficient (Wildman–Crippen LogP) is 0.869. The van der Waals surface area contributed by atoms with Crippen LogP contribution in [0.3, 0.4) is 0 Å². The van der Waals surface area contributed by atoms with Crippen LogP contribution in [0.1, 0.15) is 20.3 Å². The summed E-state index contributed by atoms with van der Waals surface area (Å²) in [5.41, 5.74) is 0. The molecule has 1 N–H and O–H groups in total. The summed E-state index contributed by atoms with van der Waals surface area (Å²) in [4.78, 5) is 12.5. The van der Waals surface area contributed by atoms with Gasteiger partial charge in [-0.25, -0.2) is 0 Å². The standard InChI is InChI=1S/C8H16N2O2/c1-4-7(9)10(3)6-8(11)12-5-2/h9H,4-6H2,1-3H3. The third-order valence-electron chi connectivity index (χ3n) is 1.47. The Morgan fingerprint density at radius 2 is 2.08 bits per heavy atom. The van der Waals surface area contributed by atoms with Gasteiger partial charge in [-0.2, -0.15) is 0 Å². The Bertz CT molecular complexity index is 168. The highest BCUT2D eigenvalue weighted by Gasteiger charge is 2.08. The van der Waals surface area contributed by atoms with Gasteiger partial charge in [0.25, 0.3) is 0 Å². The van der Waals surface area contributed by atoms with E-state index in [1.54, 1.807) is 18.9 Å². The SMILES string of the molecule is CCOC(=O)CN(C)C(=N)CC. The molecule has 0 aromatic carbocycles. The van der Waals surface area contributed by atoms with E-state index in [2.05, 4.69) is 0 Å². The number of nitrogens with zero attached hydrogens (tertiary/aromatic N) is 1. The van der Waals surface area contributed by atoms with Crippen LogP contribution in [0.2, 0.25) is 0 Å². The number of likely N-dealkylation sites (N-methyl/N-ethyl adjacent to an activating group) is 1. The normalized spacial score (nSPS) is 9.25. The second-order valence-corrected chi connectivity index (χ2v) is 2.46. The molecule has 0 rings (SSSR count). The van der Waals surface area contributed by atoms with Crippen molar-refractivity contribution in [3.63, 3.8) is 0 Å². The Hall–Kier alpha value is -1.06. The van der Waals surface area contributed by atoms with Crippen molar-refractivity contribution >= 4 is 11.8 Å². The topological polar surface area (TPSA) is 53.4 Å². The lowest BCUT2D eigenvalue weighted by molar-refractivity contribution is -0.143. The Labute approximate surface area is 73.0 Å². The molecule has 0 unspecified atom stereocenters. The molecular weight excluding hydrogens is 156 g/mol. The van der Waals surface area contributed by atoms with Crippen molar-refractivity contribution in [3.8, 4) is 0 Å². The van der Waals surface area contributed by atoms with Gasteiger partial charge in [0.1, 0.15) is 6.54 Å². The van der Waals surface area contributed by atoms with Gasteiger partial charge in [-0.15, -0.1) is 0 Å². The maximum Gasteiger partial charge on any atom is 0.325 e. The van der Waals surface area contributed by atoms with E-state index in [-0.39, 0.29) is 12.5 Å². The minimum Gasteiger partial charge on any atom is -0.465 e. The molecule has 0 saturated heterocycles. The van der Waals surface area contributed by atoms with Gasteiger partial charge >= 0.3 is 5.97 Å². The number of hydrogen-bond donors (Lipinski definition) is 1. The number of carbonyl (C=O) groups is 1. The highest BCUT2D eigenvalue weighted by molar-refractivity contribution is 5.83. The zero-order valence-electron chi connectivity index (χ0n) is 7.89. The van der Waals surface area contributed by atoms with E-state index in [0.29, 0.717) is 18.9 Å². The number of esters is 1. The Kier molecular flexibility index (Phi) is 5.08. The first kappa shape index (κ1) is 10.9. The van der Waals surface area contributed by atoms with Crippen LogP contribution in [0, 0.1) is 5.41 Å². The van der Waals surface area contributed by atoms with E-state index in [1.807, 2.05) is 6.92 Å². The molecule has 0 aromatic heterocycles. The average Bonchev–Trinajstić information content (AvgIpc) is 2.03. The van der Waals surface area contributed by atoms with Crippen LogP contribution >= 0.6 is 0 Å². The molecule has 70 valence electrons. The molecule has 0 saturated carbocycles. The second kappa shape index (κ2) is 5.57. The fourth-order valence-corrected chi connectivity index (χ4v) is 0.766. The molecule has 0 fully saturated rings. The Morgan fingerprint density at radius 3 is 2.50 bits per heavy atom. The van der Waals surface area contributed by atoms with Crippen LogP contribution in [-0.4, -0.2) is 36.9 Å². The van der Waals surface area contributed by atoms with Gasteiger partial charge in [0.15, 0.2) is 0 Å². The fourth-order valence-electron chi connectivity index (χ4n) is 0.766. The van der Waals surface area contributed by atoms with E-state index in [1.165, 1.54) is 0 Å². The molecule has 0 radical (unpaired) electrons. The third kappa shape index (κ3) is 3.95. The van der Waals surface area contributed by atoms with Gasteiger partial charge in [0.05, 0.1) is 12.4 Å². The van der Waals surface area contributed by atoms with Crippen molar-refractivity contribution in [3.05, 3.63) is 0 Å². The van der Waals surface area contributed by atoms with Crippen LogP contribution in [0.25, 0.3) is 0 Å². The molecule has 0 heterocycles. The molecule has 0 spiro atoms. The molecule has 4 heteroatoms. The number of rotatable bonds is 4. The lowest BCUT2D eigenvalue weighted by atomic mass is 10.4. The quantitative estimate of drug-likeness (QED) is 0.389. The summed E-state index contributed by atoms with van der Waals surface area (Å²) in [7, 11) is 1.71. The van der Waals surface area contributed by atoms with Crippen LogP contribution in [0.15, 0.2) is 0 Å². The molecule has 0 aliphatic carbocycles. The van der Waals surface area contributed by atoms with Crippen molar-refractivity contribution in [2.24, 2.45) is 0 Å². The zero-order chi connectivity index (χ0) is 9.56. The minimum atomic E-state index is -0.279. The molecule has 4 nitrogen and oxygen atoms in total. The number of ether oxygens (including phenoxy) is 1. The van der Waals surface area contributed by atoms with Crippen molar-refractivity contribution in [2.45, 2.75) is 20.3 Å². The number of hydrogen-bond acceptors (Lipinski definition) is 3. The van der Waals surface area contributed by atoms with Crippen molar-refractivity contribution in [1.29, 1.82) is 5.41 Å². The van der Waals surface area contributed by atoms with E-state index >= 15 is 0 Å². The van der Waals surface area contributed by atoms with E-state index in [4.69, 9.17) is 10.1 Å². The molecule has 0 aliphatic rings. The predicted molar refractivity (Wildman–Crippen MR) is 47.3 cm³/mol. The summed E-state index contributed by atoms with van der Waals surface area (Å²) < 4.78 is 4.73. The Morgan fingerprint density at radius 1 is 1.50 bits per heavy atom. The first-order valence-electron chi connectivity index (χ1n) is 4.06. The minimum absolute atomic E-state index is 0.167. The van der Waals surface area contributed by atoms with Crippen LogP contribution in [0.4, 0.5) is 0 Å². The largest absolute Gasteiger partial charge is 0.465 e. The van der Waals surface area contributed by atoms with Crippen LogP contribution in [0.5, 0.6) is 0 Å². The first-order valence-corrected chi connectivity index (χ1v) is 4.06. The van der Waals surface area contributed by atoms with Crippen LogP contribution in [-0.2, 0) is 9.53 Å². The third-order valence-corrected chi connectivity index (χ3v) is 1.47. The molecule has 0 bridgehead atoms. The van der Waals surface area contributed by atoms with Gasteiger partial charge in [0.2, 0.25) is 0 Å². The lowest BCUT2D eigenvalue weighted by Crippen LogP contribution is -2.32. The maximum absolute atomic E-state index is 10.9. The first-order chi connectivity index (χ1) is 5.61. The molecule has 0 atom stereocenters. The summed E-state index contributed by atoms with van der Waals surface area (Å²) in [5, 5.41) is 7.39. The van der Waals surface area contributed by atoms with Crippen LogP contribution < -0.4 is 0 Å². The smallest absolute Gasteiger partial charge is 0.325 e. The Balaban J connectivity index is 3.75. The van der Waals surface area contributed by atoms with Crippen molar-refractivity contribution < 1.29 is 9.53 Å². The average molecular weight is 172 g/mol. The van der Waals surface area contributed by atoms with E-state index in [0.717, 1.165) is 0 Å². The molecule has 0 aromatic rings. The summed E-state index contributed by atoms with van der Waals surface area (Å²) in [6.07, 6.45) is 0.635. The summed E-state index contributed by atoms with van der Waals surface area (Å²) >= 11 is 0. The number of carbonyl (C=O) groups excluding carboxylic acids is 1. The van der Waals surface area contributed by atoms with E-state index in [9.17, 15) is 4.79 Å². The summed E-state index contributed by atoms with van der Waals surface area (Å²) in [6.45, 7) is 4.21. The summed E-state index contributed by atoms with van der Waals surface area (Å²) in [6, 6.07) is 0. The van der Waals surface area contributed by atoms with Gasteiger partial charge in [0, 0.05) is 13.5 Å². The van der Waals surface area contributed by atoms with Crippen molar-refractivity contribution in [2.75, 3.05) is 20.2 Å². The molecule has 12 heavy (non-hydrogen) atoms. The van der Waals surface area contributed by atoms with Gasteiger partial charge in [-0.05, 0) is 6.92 Å². The zero-order valence-corrected chi connectivity index (χ0v) is 7.89. The maximum atomic E-state index is 10.9.